The van der Waals surface area contributed by atoms with Crippen LogP contribution < -0.4 is 10.6 Å². The number of piperidine rings is 1. The largest absolute Gasteiger partial charge is 0.396 e. The van der Waals surface area contributed by atoms with Crippen molar-refractivity contribution in [3.8, 4) is 0 Å². The van der Waals surface area contributed by atoms with Crippen molar-refractivity contribution in [2.24, 2.45) is 17.8 Å². The average Bonchev–Trinajstić information content (AvgIpc) is 2.78. The summed E-state index contributed by atoms with van der Waals surface area (Å²) in [4.78, 5) is 0. The summed E-state index contributed by atoms with van der Waals surface area (Å²) in [5.41, 5.74) is 0. The molecule has 0 bridgehead atoms. The van der Waals surface area contributed by atoms with Crippen LogP contribution in [0.5, 0.6) is 0 Å². The number of aliphatic hydroxyl groups is 1. The molecule has 2 aliphatic rings. The van der Waals surface area contributed by atoms with E-state index in [9.17, 15) is 5.11 Å². The van der Waals surface area contributed by atoms with Gasteiger partial charge in [-0.1, -0.05) is 6.42 Å². The van der Waals surface area contributed by atoms with Crippen molar-refractivity contribution < 1.29 is 5.11 Å². The molecule has 0 aromatic heterocycles. The second-order valence-electron chi connectivity index (χ2n) is 5.49. The summed E-state index contributed by atoms with van der Waals surface area (Å²) < 4.78 is 0. The lowest BCUT2D eigenvalue weighted by Gasteiger charge is -2.24. The van der Waals surface area contributed by atoms with Crippen molar-refractivity contribution in [2.45, 2.75) is 32.1 Å². The van der Waals surface area contributed by atoms with Crippen LogP contribution in [0.15, 0.2) is 0 Å². The first-order valence-corrected chi connectivity index (χ1v) is 6.92. The van der Waals surface area contributed by atoms with Gasteiger partial charge in [0.25, 0.3) is 0 Å². The minimum atomic E-state index is 0.389. The van der Waals surface area contributed by atoms with E-state index in [2.05, 4.69) is 10.6 Å². The zero-order valence-electron chi connectivity index (χ0n) is 10.3. The van der Waals surface area contributed by atoms with E-state index in [4.69, 9.17) is 0 Å². The van der Waals surface area contributed by atoms with Crippen LogP contribution in [-0.2, 0) is 0 Å². The van der Waals surface area contributed by atoms with Gasteiger partial charge in [-0.3, -0.25) is 0 Å². The predicted molar refractivity (Wildman–Crippen MR) is 66.4 cm³/mol. The molecule has 0 radical (unpaired) electrons. The van der Waals surface area contributed by atoms with Gasteiger partial charge in [0.05, 0.1) is 0 Å². The highest BCUT2D eigenvalue weighted by molar-refractivity contribution is 4.79. The minimum absolute atomic E-state index is 0.389. The molecule has 1 aliphatic heterocycles. The van der Waals surface area contributed by atoms with Gasteiger partial charge in [0.2, 0.25) is 0 Å². The Kier molecular flexibility index (Phi) is 5.07. The molecule has 0 spiro atoms. The lowest BCUT2D eigenvalue weighted by atomic mass is 9.95. The molecule has 3 nitrogen and oxygen atoms in total. The van der Waals surface area contributed by atoms with Gasteiger partial charge in [-0.25, -0.2) is 0 Å². The maximum Gasteiger partial charge on any atom is 0.0462 e. The van der Waals surface area contributed by atoms with E-state index in [1.54, 1.807) is 0 Å². The van der Waals surface area contributed by atoms with E-state index >= 15 is 0 Å². The van der Waals surface area contributed by atoms with Crippen LogP contribution in [0, 0.1) is 17.8 Å². The van der Waals surface area contributed by atoms with Crippen molar-refractivity contribution >= 4 is 0 Å². The molecule has 0 amide bonds. The molecule has 0 aromatic carbocycles. The van der Waals surface area contributed by atoms with Gasteiger partial charge in [0.15, 0.2) is 0 Å². The number of rotatable bonds is 5. The topological polar surface area (TPSA) is 44.3 Å². The van der Waals surface area contributed by atoms with Crippen LogP contribution in [0.2, 0.25) is 0 Å². The molecule has 16 heavy (non-hydrogen) atoms. The molecule has 3 heteroatoms. The fourth-order valence-corrected chi connectivity index (χ4v) is 3.18. The maximum atomic E-state index is 9.25. The summed E-state index contributed by atoms with van der Waals surface area (Å²) in [7, 11) is 0. The summed E-state index contributed by atoms with van der Waals surface area (Å²) in [6, 6.07) is 0. The molecule has 1 saturated carbocycles. The SMILES string of the molecule is OCC1CCCC1CNCC1CCNCC1. The molecule has 2 unspecified atom stereocenters. The lowest BCUT2D eigenvalue weighted by Crippen LogP contribution is -2.36. The maximum absolute atomic E-state index is 9.25. The molecule has 1 heterocycles. The molecule has 1 aliphatic carbocycles. The zero-order chi connectivity index (χ0) is 11.2. The molecule has 94 valence electrons. The van der Waals surface area contributed by atoms with Crippen LogP contribution in [0.1, 0.15) is 32.1 Å². The molecular formula is C13H26N2O. The second kappa shape index (κ2) is 6.58. The summed E-state index contributed by atoms with van der Waals surface area (Å²) in [5.74, 6) is 2.17. The van der Waals surface area contributed by atoms with Crippen LogP contribution in [0.25, 0.3) is 0 Å². The van der Waals surface area contributed by atoms with E-state index < -0.39 is 0 Å². The minimum Gasteiger partial charge on any atom is -0.396 e. The average molecular weight is 226 g/mol. The normalized spacial score (nSPS) is 32.1. The fourth-order valence-electron chi connectivity index (χ4n) is 3.18. The molecule has 3 N–H and O–H groups in total. The third kappa shape index (κ3) is 3.44. The lowest BCUT2D eigenvalue weighted by molar-refractivity contribution is 0.190. The smallest absolute Gasteiger partial charge is 0.0462 e. The Bertz CT molecular complexity index is 192. The monoisotopic (exact) mass is 226 g/mol. The van der Waals surface area contributed by atoms with Crippen LogP contribution in [0.4, 0.5) is 0 Å². The Hall–Kier alpha value is -0.120. The Morgan fingerprint density at radius 3 is 2.50 bits per heavy atom. The van der Waals surface area contributed by atoms with Gasteiger partial charge in [-0.2, -0.15) is 0 Å². The van der Waals surface area contributed by atoms with E-state index in [0.29, 0.717) is 12.5 Å². The second-order valence-corrected chi connectivity index (χ2v) is 5.49. The zero-order valence-corrected chi connectivity index (χ0v) is 10.3. The van der Waals surface area contributed by atoms with E-state index in [1.165, 1.54) is 51.7 Å². The molecule has 0 aromatic rings. The van der Waals surface area contributed by atoms with Crippen molar-refractivity contribution in [1.82, 2.24) is 10.6 Å². The van der Waals surface area contributed by atoms with Crippen LogP contribution in [0.3, 0.4) is 0 Å². The Balaban J connectivity index is 1.59. The first-order chi connectivity index (χ1) is 7.90. The van der Waals surface area contributed by atoms with E-state index in [0.717, 1.165) is 18.4 Å². The third-order valence-electron chi connectivity index (χ3n) is 4.35. The van der Waals surface area contributed by atoms with Gasteiger partial charge in [-0.15, -0.1) is 0 Å². The third-order valence-corrected chi connectivity index (χ3v) is 4.35. The first kappa shape index (κ1) is 12.3. The standard InChI is InChI=1S/C13H26N2O/c16-10-13-3-1-2-12(13)9-15-8-11-4-6-14-7-5-11/h11-16H,1-10H2. The van der Waals surface area contributed by atoms with Crippen LogP contribution >= 0.6 is 0 Å². The molecule has 2 fully saturated rings. The van der Waals surface area contributed by atoms with Gasteiger partial charge < -0.3 is 15.7 Å². The van der Waals surface area contributed by atoms with Crippen molar-refractivity contribution in [3.05, 3.63) is 0 Å². The molecular weight excluding hydrogens is 200 g/mol. The van der Waals surface area contributed by atoms with Gasteiger partial charge >= 0.3 is 0 Å². The summed E-state index contributed by atoms with van der Waals surface area (Å²) >= 11 is 0. The van der Waals surface area contributed by atoms with Crippen molar-refractivity contribution in [3.63, 3.8) is 0 Å². The van der Waals surface area contributed by atoms with Crippen molar-refractivity contribution in [2.75, 3.05) is 32.8 Å². The van der Waals surface area contributed by atoms with Crippen LogP contribution in [-0.4, -0.2) is 37.9 Å². The van der Waals surface area contributed by atoms with E-state index in [-0.39, 0.29) is 0 Å². The number of hydrogen-bond acceptors (Lipinski definition) is 3. The quantitative estimate of drug-likeness (QED) is 0.655. The Morgan fingerprint density at radius 2 is 1.75 bits per heavy atom. The molecule has 2 atom stereocenters. The number of aliphatic hydroxyl groups excluding tert-OH is 1. The van der Waals surface area contributed by atoms with E-state index in [1.807, 2.05) is 0 Å². The predicted octanol–water partition coefficient (Wildman–Crippen LogP) is 0.984. The first-order valence-electron chi connectivity index (χ1n) is 6.92. The molecule has 1 saturated heterocycles. The summed E-state index contributed by atoms with van der Waals surface area (Å²) in [6.07, 6.45) is 6.49. The Labute approximate surface area is 99.0 Å². The van der Waals surface area contributed by atoms with Crippen molar-refractivity contribution in [1.29, 1.82) is 0 Å². The van der Waals surface area contributed by atoms with Gasteiger partial charge in [0.1, 0.15) is 0 Å². The highest BCUT2D eigenvalue weighted by Crippen LogP contribution is 2.30. The summed E-state index contributed by atoms with van der Waals surface area (Å²) in [5, 5.41) is 16.3. The van der Waals surface area contributed by atoms with Gasteiger partial charge in [-0.05, 0) is 69.6 Å². The highest BCUT2D eigenvalue weighted by atomic mass is 16.3. The van der Waals surface area contributed by atoms with Gasteiger partial charge in [0, 0.05) is 6.61 Å². The Morgan fingerprint density at radius 1 is 1.00 bits per heavy atom. The fraction of sp³-hybridized carbons (Fsp3) is 1.00. The highest BCUT2D eigenvalue weighted by Gasteiger charge is 2.26. The summed E-state index contributed by atoms with van der Waals surface area (Å²) in [6.45, 7) is 5.06. The number of nitrogens with one attached hydrogen (secondary N) is 2. The molecule has 2 rings (SSSR count). The number of hydrogen-bond donors (Lipinski definition) is 3.